The minimum atomic E-state index is -1.33. The van der Waals surface area contributed by atoms with Gasteiger partial charge in [0.05, 0.1) is 32.1 Å². The second-order valence-corrected chi connectivity index (χ2v) is 8.96. The summed E-state index contributed by atoms with van der Waals surface area (Å²) >= 11 is 6.46. The number of hydrogen-bond acceptors (Lipinski definition) is 9. The summed E-state index contributed by atoms with van der Waals surface area (Å²) in [6.07, 6.45) is 1.43. The number of carboxylic acid groups (broad SMARTS) is 1. The number of para-hydroxylation sites is 1. The smallest absolute Gasteiger partial charge is 0.362 e. The molecule has 3 heterocycles. The molecule has 4 aromatic rings. The molecular formula is C26H25ClN6O6. The molecule has 13 heteroatoms. The van der Waals surface area contributed by atoms with Crippen molar-refractivity contribution >= 4 is 23.3 Å². The molecule has 0 amide bonds. The third-order valence-electron chi connectivity index (χ3n) is 6.30. The van der Waals surface area contributed by atoms with E-state index in [2.05, 4.69) is 30.0 Å². The van der Waals surface area contributed by atoms with Crippen molar-refractivity contribution < 1.29 is 28.9 Å². The van der Waals surface area contributed by atoms with Gasteiger partial charge in [0.25, 0.3) is 0 Å². The summed E-state index contributed by atoms with van der Waals surface area (Å²) in [4.78, 5) is 17.4. The second kappa shape index (κ2) is 11.1. The molecule has 0 bridgehead atoms. The molecular weight excluding hydrogens is 528 g/mol. The SMILES string of the molecule is CO/N=C(/C(=O)O)c1nnn(CC[C@H]2O[C@H](c3cccc(OC)c3OC)c3cc(Cl)ccc3-n3cccc32)n1. The lowest BCUT2D eigenvalue weighted by molar-refractivity contribution is -0.129. The third kappa shape index (κ3) is 5.03. The van der Waals surface area contributed by atoms with Gasteiger partial charge < -0.3 is 28.7 Å². The zero-order valence-electron chi connectivity index (χ0n) is 21.3. The Morgan fingerprint density at radius 2 is 1.97 bits per heavy atom. The number of halogens is 1. The highest BCUT2D eigenvalue weighted by molar-refractivity contribution is 6.41. The van der Waals surface area contributed by atoms with Crippen LogP contribution in [-0.2, 0) is 20.9 Å². The van der Waals surface area contributed by atoms with Crippen molar-refractivity contribution in [3.8, 4) is 17.2 Å². The van der Waals surface area contributed by atoms with Crippen LogP contribution in [0.15, 0.2) is 59.9 Å². The molecule has 1 N–H and O–H groups in total. The van der Waals surface area contributed by atoms with Crippen LogP contribution in [0.25, 0.3) is 5.69 Å². The monoisotopic (exact) mass is 552 g/mol. The molecule has 0 radical (unpaired) electrons. The quantitative estimate of drug-likeness (QED) is 0.243. The molecule has 0 fully saturated rings. The maximum atomic E-state index is 11.5. The number of fused-ring (bicyclic) bond motifs is 3. The maximum Gasteiger partial charge on any atom is 0.362 e. The molecule has 39 heavy (non-hydrogen) atoms. The number of hydrogen-bond donors (Lipinski definition) is 1. The average Bonchev–Trinajstić information content (AvgIpc) is 3.59. The van der Waals surface area contributed by atoms with E-state index in [4.69, 9.17) is 25.8 Å². The fraction of sp³-hybridized carbons (Fsp3) is 0.269. The molecule has 0 saturated carbocycles. The van der Waals surface area contributed by atoms with Gasteiger partial charge in [-0.15, -0.1) is 10.2 Å². The Labute approximate surface area is 228 Å². The number of aryl methyl sites for hydroxylation is 1. The predicted molar refractivity (Wildman–Crippen MR) is 140 cm³/mol. The van der Waals surface area contributed by atoms with Gasteiger partial charge in [-0.05, 0) is 41.6 Å². The van der Waals surface area contributed by atoms with Crippen LogP contribution in [0.1, 0.15) is 41.3 Å². The lowest BCUT2D eigenvalue weighted by Gasteiger charge is -2.25. The van der Waals surface area contributed by atoms with E-state index in [-0.39, 0.29) is 12.4 Å². The number of aromatic nitrogens is 5. The number of benzene rings is 2. The summed E-state index contributed by atoms with van der Waals surface area (Å²) in [6.45, 7) is 0.280. The van der Waals surface area contributed by atoms with E-state index in [0.29, 0.717) is 22.9 Å². The van der Waals surface area contributed by atoms with Crippen molar-refractivity contribution in [2.45, 2.75) is 25.2 Å². The molecule has 0 aliphatic carbocycles. The zero-order valence-corrected chi connectivity index (χ0v) is 22.1. The molecule has 1 aliphatic rings. The summed E-state index contributed by atoms with van der Waals surface area (Å²) in [5, 5.41) is 25.4. The molecule has 2 aromatic heterocycles. The molecule has 12 nitrogen and oxygen atoms in total. The largest absolute Gasteiger partial charge is 0.493 e. The van der Waals surface area contributed by atoms with E-state index in [9.17, 15) is 9.90 Å². The lowest BCUT2D eigenvalue weighted by atomic mass is 9.98. The highest BCUT2D eigenvalue weighted by Gasteiger charge is 2.33. The van der Waals surface area contributed by atoms with Gasteiger partial charge in [-0.3, -0.25) is 0 Å². The van der Waals surface area contributed by atoms with Crippen LogP contribution >= 0.6 is 11.6 Å². The first-order valence-electron chi connectivity index (χ1n) is 11.9. The highest BCUT2D eigenvalue weighted by Crippen LogP contribution is 2.46. The summed E-state index contributed by atoms with van der Waals surface area (Å²) < 4.78 is 20.2. The molecule has 202 valence electrons. The Kier molecular flexibility index (Phi) is 7.48. The van der Waals surface area contributed by atoms with E-state index < -0.39 is 23.9 Å². The molecule has 0 unspecified atom stereocenters. The minimum Gasteiger partial charge on any atom is -0.493 e. The molecule has 0 saturated heterocycles. The van der Waals surface area contributed by atoms with Crippen molar-refractivity contribution in [3.63, 3.8) is 0 Å². The van der Waals surface area contributed by atoms with Crippen molar-refractivity contribution in [2.24, 2.45) is 5.16 Å². The van der Waals surface area contributed by atoms with Gasteiger partial charge in [0.15, 0.2) is 11.5 Å². The Bertz CT molecular complexity index is 1530. The van der Waals surface area contributed by atoms with Gasteiger partial charge in [0.1, 0.15) is 19.3 Å². The molecule has 0 spiro atoms. The zero-order chi connectivity index (χ0) is 27.5. The summed E-state index contributed by atoms with van der Waals surface area (Å²) in [5.74, 6) is -0.347. The van der Waals surface area contributed by atoms with Crippen LogP contribution < -0.4 is 9.47 Å². The van der Waals surface area contributed by atoms with Crippen LogP contribution in [0.4, 0.5) is 0 Å². The van der Waals surface area contributed by atoms with E-state index in [1.807, 2.05) is 54.7 Å². The first-order valence-corrected chi connectivity index (χ1v) is 12.3. The van der Waals surface area contributed by atoms with Gasteiger partial charge >= 0.3 is 5.97 Å². The number of carbonyl (C=O) groups is 1. The first kappa shape index (κ1) is 26.2. The van der Waals surface area contributed by atoms with Crippen molar-refractivity contribution in [3.05, 3.63) is 82.4 Å². The Morgan fingerprint density at radius 3 is 2.72 bits per heavy atom. The van der Waals surface area contributed by atoms with Crippen molar-refractivity contribution in [2.75, 3.05) is 21.3 Å². The summed E-state index contributed by atoms with van der Waals surface area (Å²) in [5.41, 5.74) is 3.02. The second-order valence-electron chi connectivity index (χ2n) is 8.52. The fourth-order valence-electron chi connectivity index (χ4n) is 4.65. The number of tetrazole rings is 1. The standard InChI is InChI=1S/C26H25ClN6O6/c1-36-21-8-4-6-16(24(21)37-2)23-17-14-15(27)9-10-18(17)32-12-5-7-19(32)20(39-23)11-13-33-29-25(28-31-33)22(26(34)35)30-38-3/h4-10,12,14,20,23H,11,13H2,1-3H3,(H,34,35)/b30-22+/t20-,23-/m1/s1. The number of ether oxygens (including phenoxy) is 3. The van der Waals surface area contributed by atoms with E-state index in [1.165, 1.54) is 11.9 Å². The fourth-order valence-corrected chi connectivity index (χ4v) is 4.83. The van der Waals surface area contributed by atoms with Crippen LogP contribution in [0.5, 0.6) is 11.5 Å². The topological polar surface area (TPSA) is 135 Å². The van der Waals surface area contributed by atoms with Gasteiger partial charge in [-0.25, -0.2) is 4.79 Å². The van der Waals surface area contributed by atoms with E-state index in [1.54, 1.807) is 14.2 Å². The Balaban J connectivity index is 1.53. The Morgan fingerprint density at radius 1 is 1.13 bits per heavy atom. The van der Waals surface area contributed by atoms with Crippen molar-refractivity contribution in [1.29, 1.82) is 0 Å². The van der Waals surface area contributed by atoms with E-state index in [0.717, 1.165) is 22.5 Å². The van der Waals surface area contributed by atoms with Crippen LogP contribution in [0.3, 0.4) is 0 Å². The van der Waals surface area contributed by atoms with Crippen LogP contribution in [-0.4, -0.2) is 62.9 Å². The maximum absolute atomic E-state index is 11.5. The lowest BCUT2D eigenvalue weighted by Crippen LogP contribution is -2.17. The Hall–Kier alpha value is -4.42. The molecule has 5 rings (SSSR count). The minimum absolute atomic E-state index is 0.157. The average molecular weight is 553 g/mol. The van der Waals surface area contributed by atoms with Gasteiger partial charge in [0, 0.05) is 28.8 Å². The summed E-state index contributed by atoms with van der Waals surface area (Å²) in [6, 6.07) is 15.3. The van der Waals surface area contributed by atoms with Crippen molar-refractivity contribution in [1.82, 2.24) is 24.8 Å². The number of methoxy groups -OCH3 is 2. The van der Waals surface area contributed by atoms with E-state index >= 15 is 0 Å². The summed E-state index contributed by atoms with van der Waals surface area (Å²) in [7, 11) is 4.41. The highest BCUT2D eigenvalue weighted by atomic mass is 35.5. The number of oxime groups is 1. The van der Waals surface area contributed by atoms with Crippen LogP contribution in [0.2, 0.25) is 5.02 Å². The number of nitrogens with zero attached hydrogens (tertiary/aromatic N) is 6. The number of aliphatic carboxylic acids is 1. The molecule has 2 atom stereocenters. The van der Waals surface area contributed by atoms with Gasteiger partial charge in [-0.2, -0.15) is 4.80 Å². The first-order chi connectivity index (χ1) is 18.9. The predicted octanol–water partition coefficient (Wildman–Crippen LogP) is 3.82. The number of rotatable bonds is 9. The molecule has 1 aliphatic heterocycles. The van der Waals surface area contributed by atoms with Gasteiger partial charge in [-0.1, -0.05) is 28.9 Å². The van der Waals surface area contributed by atoms with Gasteiger partial charge in [0.2, 0.25) is 11.5 Å². The van der Waals surface area contributed by atoms with Crippen LogP contribution in [0, 0.1) is 0 Å². The number of carboxylic acids is 1. The molecule has 2 aromatic carbocycles. The normalized spacial score (nSPS) is 16.7. The third-order valence-corrected chi connectivity index (χ3v) is 6.53.